The summed E-state index contributed by atoms with van der Waals surface area (Å²) in [6.07, 6.45) is 0. The molecule has 0 N–H and O–H groups in total. The summed E-state index contributed by atoms with van der Waals surface area (Å²) in [6.45, 7) is 0. The first-order chi connectivity index (χ1) is 25.3. The molecule has 1 heterocycles. The third-order valence-corrected chi connectivity index (χ3v) is 10.4. The first kappa shape index (κ1) is 29.2. The second-order valence-corrected chi connectivity index (χ2v) is 13.3. The van der Waals surface area contributed by atoms with E-state index in [2.05, 4.69) is 205 Å². The van der Waals surface area contributed by atoms with E-state index in [1.165, 1.54) is 87.9 Å². The van der Waals surface area contributed by atoms with E-state index < -0.39 is 0 Å². The third kappa shape index (κ3) is 4.86. The topological polar surface area (TPSA) is 4.93 Å². The van der Waals surface area contributed by atoms with Crippen LogP contribution >= 0.6 is 0 Å². The Kier molecular flexibility index (Phi) is 6.89. The molecule has 0 aliphatic rings. The summed E-state index contributed by atoms with van der Waals surface area (Å²) < 4.78 is 2.43. The maximum atomic E-state index is 2.43. The Hall–Kier alpha value is -6.70. The summed E-state index contributed by atoms with van der Waals surface area (Å²) in [5, 5.41) is 7.52. The van der Waals surface area contributed by atoms with Crippen molar-refractivity contribution in [2.45, 2.75) is 0 Å². The summed E-state index contributed by atoms with van der Waals surface area (Å²) in [4.78, 5) is 0. The number of fused-ring (bicyclic) bond motifs is 5. The standard InChI is InChI=1S/C50H33N/c1-3-13-34(14-4-1)36-23-27-38(28-24-36)49-43-19-7-8-20-44(43)50(39-29-25-37(26-30-39)35-15-5-2-6-16-35)46-33-40(31-32-45(46)49)51-47-21-11-9-17-41(47)42-18-10-12-22-48(42)51/h1-33H. The van der Waals surface area contributed by atoms with E-state index in [-0.39, 0.29) is 0 Å². The van der Waals surface area contributed by atoms with E-state index in [1.54, 1.807) is 0 Å². The normalized spacial score (nSPS) is 11.5. The minimum absolute atomic E-state index is 1.16. The Morgan fingerprint density at radius 2 is 0.588 bits per heavy atom. The van der Waals surface area contributed by atoms with Gasteiger partial charge in [-0.3, -0.25) is 0 Å². The molecule has 0 saturated carbocycles. The molecule has 1 heteroatoms. The maximum Gasteiger partial charge on any atom is 0.0541 e. The Balaban J connectivity index is 1.26. The molecule has 9 aromatic carbocycles. The molecule has 0 atom stereocenters. The lowest BCUT2D eigenvalue weighted by Crippen LogP contribution is -1.96. The van der Waals surface area contributed by atoms with Crippen LogP contribution in [0.15, 0.2) is 200 Å². The molecule has 0 aliphatic carbocycles. The third-order valence-electron chi connectivity index (χ3n) is 10.4. The molecule has 51 heavy (non-hydrogen) atoms. The first-order valence-electron chi connectivity index (χ1n) is 17.6. The van der Waals surface area contributed by atoms with E-state index >= 15 is 0 Å². The van der Waals surface area contributed by atoms with Crippen LogP contribution < -0.4 is 0 Å². The van der Waals surface area contributed by atoms with Crippen molar-refractivity contribution >= 4 is 43.4 Å². The lowest BCUT2D eigenvalue weighted by Gasteiger charge is -2.19. The summed E-state index contributed by atoms with van der Waals surface area (Å²) in [5.74, 6) is 0. The molecular formula is C50H33N. The van der Waals surface area contributed by atoms with Crippen molar-refractivity contribution in [2.24, 2.45) is 0 Å². The van der Waals surface area contributed by atoms with Crippen LogP contribution in [-0.4, -0.2) is 4.57 Å². The predicted molar refractivity (Wildman–Crippen MR) is 218 cm³/mol. The van der Waals surface area contributed by atoms with Gasteiger partial charge in [0.2, 0.25) is 0 Å². The quantitative estimate of drug-likeness (QED) is 0.164. The summed E-state index contributed by atoms with van der Waals surface area (Å²) >= 11 is 0. The maximum absolute atomic E-state index is 2.43. The number of para-hydroxylation sites is 2. The molecule has 0 amide bonds. The van der Waals surface area contributed by atoms with Gasteiger partial charge in [0.05, 0.1) is 11.0 Å². The monoisotopic (exact) mass is 647 g/mol. The Morgan fingerprint density at radius 1 is 0.235 bits per heavy atom. The molecule has 0 bridgehead atoms. The Bertz CT molecular complexity index is 2810. The zero-order valence-corrected chi connectivity index (χ0v) is 28.0. The van der Waals surface area contributed by atoms with E-state index in [9.17, 15) is 0 Å². The molecule has 10 aromatic rings. The minimum Gasteiger partial charge on any atom is -0.309 e. The van der Waals surface area contributed by atoms with E-state index in [4.69, 9.17) is 0 Å². The fourth-order valence-electron chi connectivity index (χ4n) is 8.05. The smallest absolute Gasteiger partial charge is 0.0541 e. The van der Waals surface area contributed by atoms with Crippen molar-refractivity contribution in [2.75, 3.05) is 0 Å². The highest BCUT2D eigenvalue weighted by atomic mass is 15.0. The number of nitrogens with zero attached hydrogens (tertiary/aromatic N) is 1. The van der Waals surface area contributed by atoms with Gasteiger partial charge in [-0.2, -0.15) is 0 Å². The van der Waals surface area contributed by atoms with Gasteiger partial charge in [-0.05, 0) is 90.3 Å². The van der Waals surface area contributed by atoms with Gasteiger partial charge in [0.1, 0.15) is 0 Å². The Labute approximate surface area is 297 Å². The van der Waals surface area contributed by atoms with Crippen LogP contribution in [0.1, 0.15) is 0 Å². The second kappa shape index (κ2) is 12.0. The zero-order valence-electron chi connectivity index (χ0n) is 28.0. The molecule has 0 unspecified atom stereocenters. The SMILES string of the molecule is c1ccc(-c2ccc(-c3c4ccccc4c(-c4ccc(-c5ccccc5)cc4)c4cc(-n5c6ccccc6c6ccccc65)ccc34)cc2)cc1. The molecule has 0 aliphatic heterocycles. The van der Waals surface area contributed by atoms with Crippen molar-refractivity contribution in [1.82, 2.24) is 4.57 Å². The lowest BCUT2D eigenvalue weighted by atomic mass is 9.85. The molecule has 0 fully saturated rings. The van der Waals surface area contributed by atoms with Gasteiger partial charge in [-0.1, -0.05) is 176 Å². The van der Waals surface area contributed by atoms with Gasteiger partial charge in [-0.15, -0.1) is 0 Å². The summed E-state index contributed by atoms with van der Waals surface area (Å²) in [5.41, 5.74) is 13.4. The highest BCUT2D eigenvalue weighted by Crippen LogP contribution is 2.45. The first-order valence-corrected chi connectivity index (χ1v) is 17.6. The van der Waals surface area contributed by atoms with Crippen molar-refractivity contribution in [1.29, 1.82) is 0 Å². The predicted octanol–water partition coefficient (Wildman–Crippen LogP) is 13.8. The molecule has 0 spiro atoms. The number of aromatic nitrogens is 1. The highest BCUT2D eigenvalue weighted by molar-refractivity contribution is 6.22. The second-order valence-electron chi connectivity index (χ2n) is 13.3. The van der Waals surface area contributed by atoms with E-state index in [0.717, 1.165) is 5.69 Å². The molecule has 238 valence electrons. The molecule has 1 nitrogen and oxygen atoms in total. The van der Waals surface area contributed by atoms with Gasteiger partial charge < -0.3 is 4.57 Å². The number of benzene rings is 9. The average Bonchev–Trinajstić information content (AvgIpc) is 3.55. The van der Waals surface area contributed by atoms with Crippen molar-refractivity contribution in [3.8, 4) is 50.2 Å². The van der Waals surface area contributed by atoms with Crippen LogP contribution in [0.2, 0.25) is 0 Å². The number of hydrogen-bond donors (Lipinski definition) is 0. The summed E-state index contributed by atoms with van der Waals surface area (Å²) in [7, 11) is 0. The molecule has 0 radical (unpaired) electrons. The zero-order chi connectivity index (χ0) is 33.7. The molecular weight excluding hydrogens is 615 g/mol. The minimum atomic E-state index is 1.16. The average molecular weight is 648 g/mol. The largest absolute Gasteiger partial charge is 0.309 e. The summed E-state index contributed by atoms with van der Waals surface area (Å²) in [6, 6.07) is 73.0. The fourth-order valence-corrected chi connectivity index (χ4v) is 8.05. The van der Waals surface area contributed by atoms with Crippen LogP contribution in [0.25, 0.3) is 93.5 Å². The van der Waals surface area contributed by atoms with Crippen LogP contribution in [0.4, 0.5) is 0 Å². The van der Waals surface area contributed by atoms with Crippen LogP contribution in [-0.2, 0) is 0 Å². The van der Waals surface area contributed by atoms with Crippen LogP contribution in [0.5, 0.6) is 0 Å². The van der Waals surface area contributed by atoms with Crippen LogP contribution in [0.3, 0.4) is 0 Å². The van der Waals surface area contributed by atoms with Gasteiger partial charge in [0.15, 0.2) is 0 Å². The fraction of sp³-hybridized carbons (Fsp3) is 0. The van der Waals surface area contributed by atoms with E-state index in [1.807, 2.05) is 0 Å². The van der Waals surface area contributed by atoms with Crippen LogP contribution in [0, 0.1) is 0 Å². The van der Waals surface area contributed by atoms with Gasteiger partial charge >= 0.3 is 0 Å². The molecule has 10 rings (SSSR count). The number of rotatable bonds is 5. The van der Waals surface area contributed by atoms with Crippen molar-refractivity contribution in [3.63, 3.8) is 0 Å². The van der Waals surface area contributed by atoms with Gasteiger partial charge in [0.25, 0.3) is 0 Å². The number of hydrogen-bond acceptors (Lipinski definition) is 0. The highest BCUT2D eigenvalue weighted by Gasteiger charge is 2.19. The van der Waals surface area contributed by atoms with Gasteiger partial charge in [0, 0.05) is 16.5 Å². The van der Waals surface area contributed by atoms with E-state index in [0.29, 0.717) is 0 Å². The molecule has 1 aromatic heterocycles. The van der Waals surface area contributed by atoms with Crippen molar-refractivity contribution in [3.05, 3.63) is 200 Å². The lowest BCUT2D eigenvalue weighted by molar-refractivity contribution is 1.19. The van der Waals surface area contributed by atoms with Gasteiger partial charge in [-0.25, -0.2) is 0 Å². The molecule has 0 saturated heterocycles. The Morgan fingerprint density at radius 3 is 1.08 bits per heavy atom. The van der Waals surface area contributed by atoms with Crippen molar-refractivity contribution < 1.29 is 0 Å².